The minimum Gasteiger partial charge on any atom is -0.494 e. The lowest BCUT2D eigenvalue weighted by atomic mass is 9.98. The third-order valence-corrected chi connectivity index (χ3v) is 8.83. The predicted molar refractivity (Wildman–Crippen MR) is 178 cm³/mol. The second kappa shape index (κ2) is 13.1. The van der Waals surface area contributed by atoms with Crippen molar-refractivity contribution in [2.45, 2.75) is 40.5 Å². The van der Waals surface area contributed by atoms with Crippen molar-refractivity contribution in [3.63, 3.8) is 0 Å². The van der Waals surface area contributed by atoms with E-state index in [0.717, 1.165) is 55.4 Å². The molecule has 12 heteroatoms. The van der Waals surface area contributed by atoms with Crippen LogP contribution in [0.15, 0.2) is 36.4 Å². The minimum absolute atomic E-state index is 0.0338. The summed E-state index contributed by atoms with van der Waals surface area (Å²) in [6.07, 6.45) is 1.12. The number of ether oxygens (including phenoxy) is 2. The summed E-state index contributed by atoms with van der Waals surface area (Å²) in [6, 6.07) is 10.3. The molecule has 0 saturated heterocycles. The molecular weight excluding hydrogens is 637 g/mol. The number of hydrogen-bond acceptors (Lipinski definition) is 6. The normalized spacial score (nSPS) is 11.2. The highest BCUT2D eigenvalue weighted by Crippen LogP contribution is 2.40. The molecule has 0 atom stereocenters. The summed E-state index contributed by atoms with van der Waals surface area (Å²) in [5, 5.41) is 9.49. The van der Waals surface area contributed by atoms with E-state index in [2.05, 4.69) is 20.4 Å². The Labute approximate surface area is 275 Å². The summed E-state index contributed by atoms with van der Waals surface area (Å²) in [4.78, 5) is 33.5. The number of halogens is 3. The van der Waals surface area contributed by atoms with Gasteiger partial charge in [0.15, 0.2) is 0 Å². The predicted octanol–water partition coefficient (Wildman–Crippen LogP) is 8.21. The average molecular weight is 669 g/mol. The number of aryl methyl sites for hydroxylation is 5. The van der Waals surface area contributed by atoms with Gasteiger partial charge in [-0.15, -0.1) is 0 Å². The van der Waals surface area contributed by atoms with Gasteiger partial charge in [-0.1, -0.05) is 40.9 Å². The third kappa shape index (κ3) is 6.52. The number of anilines is 1. The Morgan fingerprint density at radius 1 is 1.00 bits per heavy atom. The van der Waals surface area contributed by atoms with E-state index in [1.807, 2.05) is 59.0 Å². The first kappa shape index (κ1) is 32.3. The number of rotatable bonds is 9. The molecule has 0 aliphatic rings. The summed E-state index contributed by atoms with van der Waals surface area (Å²) < 4.78 is 12.7. The highest BCUT2D eigenvalue weighted by Gasteiger charge is 2.25. The largest absolute Gasteiger partial charge is 0.494 e. The van der Waals surface area contributed by atoms with Crippen molar-refractivity contribution >= 4 is 63.4 Å². The number of amides is 1. The van der Waals surface area contributed by atoms with Gasteiger partial charge in [-0.25, -0.2) is 9.78 Å². The van der Waals surface area contributed by atoms with Gasteiger partial charge in [0.2, 0.25) is 0 Å². The fourth-order valence-corrected chi connectivity index (χ4v) is 6.10. The average Bonchev–Trinajstić information content (AvgIpc) is 3.48. The highest BCUT2D eigenvalue weighted by atomic mass is 35.5. The second-order valence-electron chi connectivity index (χ2n) is 10.8. The number of carbonyl (C=O) groups is 2. The molecule has 9 nitrogen and oxygen atoms in total. The molecule has 0 aliphatic heterocycles. The van der Waals surface area contributed by atoms with Crippen LogP contribution >= 0.6 is 34.8 Å². The Balaban J connectivity index is 1.54. The molecule has 234 valence electrons. The molecule has 2 aromatic carbocycles. The number of fused-ring (bicyclic) bond motifs is 1. The van der Waals surface area contributed by atoms with Gasteiger partial charge in [0.05, 0.1) is 35.5 Å². The van der Waals surface area contributed by atoms with Gasteiger partial charge in [-0.05, 0) is 87.6 Å². The summed E-state index contributed by atoms with van der Waals surface area (Å²) in [5.74, 6) is -0.227. The molecule has 1 amide bonds. The maximum Gasteiger partial charge on any atom is 0.338 e. The SMILES string of the molecule is COC(=O)c1cc(Cl)nc(NC(=O)c2[nH]c3c(-c4c(C)nn(C)c4C)c(Cl)ccc3c2CCCOc2cc(C)c(Cl)c(C)c2)c1. The number of benzene rings is 2. The molecule has 0 radical (unpaired) electrons. The Hall–Kier alpha value is -4.05. The van der Waals surface area contributed by atoms with Crippen molar-refractivity contribution in [1.29, 1.82) is 0 Å². The van der Waals surface area contributed by atoms with Crippen molar-refractivity contribution in [3.05, 3.63) is 90.9 Å². The standard InChI is InChI=1S/C33H32Cl3N5O4/c1-16-12-21(13-17(2)29(16)36)45-11-7-8-22-23-9-10-24(34)28(27-18(3)40-41(5)19(27)4)30(23)39-31(22)32(42)38-26-15-20(33(43)44-6)14-25(35)37-26/h9-10,12-15,39H,7-8,11H2,1-6H3,(H,37,38,42). The van der Waals surface area contributed by atoms with Crippen molar-refractivity contribution in [1.82, 2.24) is 19.7 Å². The first-order valence-electron chi connectivity index (χ1n) is 14.2. The molecule has 3 heterocycles. The Kier molecular flexibility index (Phi) is 9.44. The molecule has 5 rings (SSSR count). The van der Waals surface area contributed by atoms with Gasteiger partial charge in [0.1, 0.15) is 22.4 Å². The zero-order valence-corrected chi connectivity index (χ0v) is 28.0. The summed E-state index contributed by atoms with van der Waals surface area (Å²) >= 11 is 19.3. The van der Waals surface area contributed by atoms with Gasteiger partial charge in [-0.2, -0.15) is 5.10 Å². The van der Waals surface area contributed by atoms with E-state index in [1.165, 1.54) is 19.2 Å². The molecule has 2 N–H and O–H groups in total. The van der Waals surface area contributed by atoms with Gasteiger partial charge in [0.25, 0.3) is 5.91 Å². The van der Waals surface area contributed by atoms with Crippen LogP contribution in [0.5, 0.6) is 5.75 Å². The van der Waals surface area contributed by atoms with Crippen LogP contribution in [0, 0.1) is 27.7 Å². The molecule has 0 spiro atoms. The van der Waals surface area contributed by atoms with Crippen molar-refractivity contribution in [2.75, 3.05) is 19.0 Å². The Morgan fingerprint density at radius 3 is 2.36 bits per heavy atom. The number of aromatic amines is 1. The van der Waals surface area contributed by atoms with Crippen molar-refractivity contribution < 1.29 is 19.1 Å². The number of H-pyrrole nitrogens is 1. The second-order valence-corrected chi connectivity index (χ2v) is 12.0. The van der Waals surface area contributed by atoms with Crippen LogP contribution in [0.25, 0.3) is 22.0 Å². The molecular formula is C33H32Cl3N5O4. The van der Waals surface area contributed by atoms with E-state index >= 15 is 0 Å². The molecule has 0 aliphatic carbocycles. The minimum atomic E-state index is -0.603. The number of methoxy groups -OCH3 is 1. The van der Waals surface area contributed by atoms with Crippen LogP contribution in [0.4, 0.5) is 5.82 Å². The number of aromatic nitrogens is 4. The van der Waals surface area contributed by atoms with Crippen LogP contribution in [-0.2, 0) is 18.2 Å². The fourth-order valence-electron chi connectivity index (χ4n) is 5.53. The lowest BCUT2D eigenvalue weighted by Gasteiger charge is -2.11. The molecule has 45 heavy (non-hydrogen) atoms. The summed E-state index contributed by atoms with van der Waals surface area (Å²) in [7, 11) is 3.14. The number of nitrogens with one attached hydrogen (secondary N) is 2. The quantitative estimate of drug-likeness (QED) is 0.0931. The van der Waals surface area contributed by atoms with Crippen LogP contribution in [0.3, 0.4) is 0 Å². The van der Waals surface area contributed by atoms with Crippen LogP contribution in [0.1, 0.15) is 55.3 Å². The van der Waals surface area contributed by atoms with Crippen LogP contribution in [-0.4, -0.2) is 45.3 Å². The molecule has 5 aromatic rings. The maximum absolute atomic E-state index is 13.9. The Bertz CT molecular complexity index is 1940. The smallest absolute Gasteiger partial charge is 0.338 e. The lowest BCUT2D eigenvalue weighted by molar-refractivity contribution is 0.0600. The van der Waals surface area contributed by atoms with Gasteiger partial charge >= 0.3 is 5.97 Å². The molecule has 0 saturated carbocycles. The van der Waals surface area contributed by atoms with E-state index < -0.39 is 11.9 Å². The van der Waals surface area contributed by atoms with Crippen LogP contribution < -0.4 is 10.1 Å². The van der Waals surface area contributed by atoms with Crippen molar-refractivity contribution in [2.24, 2.45) is 7.05 Å². The van der Waals surface area contributed by atoms with Gasteiger partial charge < -0.3 is 19.8 Å². The number of pyridine rings is 1. The first-order valence-corrected chi connectivity index (χ1v) is 15.3. The highest BCUT2D eigenvalue weighted by molar-refractivity contribution is 6.35. The number of hydrogen-bond donors (Lipinski definition) is 2. The van der Waals surface area contributed by atoms with E-state index in [9.17, 15) is 9.59 Å². The molecule has 0 fully saturated rings. The van der Waals surface area contributed by atoms with Crippen molar-refractivity contribution in [3.8, 4) is 16.9 Å². The third-order valence-electron chi connectivity index (χ3n) is 7.72. The van der Waals surface area contributed by atoms with Gasteiger partial charge in [-0.3, -0.25) is 9.48 Å². The van der Waals surface area contributed by atoms with E-state index in [1.54, 1.807) is 4.68 Å². The van der Waals surface area contributed by atoms with Crippen LogP contribution in [0.2, 0.25) is 15.2 Å². The van der Waals surface area contributed by atoms with E-state index in [4.69, 9.17) is 44.3 Å². The molecule has 0 unspecified atom stereocenters. The molecule has 0 bridgehead atoms. The number of nitrogens with zero attached hydrogens (tertiary/aromatic N) is 3. The molecule has 3 aromatic heterocycles. The zero-order chi connectivity index (χ0) is 32.6. The summed E-state index contributed by atoms with van der Waals surface area (Å²) in [6.45, 7) is 8.19. The van der Waals surface area contributed by atoms with E-state index in [-0.39, 0.29) is 16.5 Å². The fraction of sp³-hybridized carbons (Fsp3) is 0.273. The maximum atomic E-state index is 13.9. The zero-order valence-electron chi connectivity index (χ0n) is 25.7. The lowest BCUT2D eigenvalue weighted by Crippen LogP contribution is -2.16. The Morgan fingerprint density at radius 2 is 1.71 bits per heavy atom. The monoisotopic (exact) mass is 667 g/mol. The van der Waals surface area contributed by atoms with E-state index in [0.29, 0.717) is 35.7 Å². The number of esters is 1. The number of carbonyl (C=O) groups excluding carboxylic acids is 2. The summed E-state index contributed by atoms with van der Waals surface area (Å²) in [5.41, 5.74) is 7.26. The topological polar surface area (TPSA) is 111 Å². The first-order chi connectivity index (χ1) is 21.4. The van der Waals surface area contributed by atoms with Gasteiger partial charge in [0, 0.05) is 34.3 Å².